The van der Waals surface area contributed by atoms with Crippen LogP contribution >= 0.6 is 0 Å². The number of ketones is 1. The van der Waals surface area contributed by atoms with Crippen LogP contribution in [0.1, 0.15) is 185 Å². The van der Waals surface area contributed by atoms with Gasteiger partial charge in [0, 0.05) is 23.4 Å². The van der Waals surface area contributed by atoms with Gasteiger partial charge in [-0.3, -0.25) is 14.9 Å². The second kappa shape index (κ2) is 24.0. The van der Waals surface area contributed by atoms with Crippen LogP contribution in [0.5, 0.6) is 0 Å². The van der Waals surface area contributed by atoms with Crippen LogP contribution in [-0.2, 0) is 23.9 Å². The Balaban J connectivity index is 2.44. The molecule has 0 radical (unpaired) electrons. The van der Waals surface area contributed by atoms with Crippen LogP contribution < -0.4 is 10.6 Å². The van der Waals surface area contributed by atoms with E-state index in [-0.39, 0.29) is 47.3 Å². The van der Waals surface area contributed by atoms with Gasteiger partial charge in [0.2, 0.25) is 0 Å². The summed E-state index contributed by atoms with van der Waals surface area (Å²) in [5.41, 5.74) is -0.214. The van der Waals surface area contributed by atoms with Gasteiger partial charge in [0.25, 0.3) is 0 Å². The molecule has 0 aromatic carbocycles. The minimum Gasteiger partial charge on any atom is -0.461 e. The zero-order valence-electron chi connectivity index (χ0n) is 33.1. The van der Waals surface area contributed by atoms with Gasteiger partial charge in [-0.1, -0.05) is 94.4 Å². The molecule has 3 unspecified atom stereocenters. The predicted molar refractivity (Wildman–Crippen MR) is 200 cm³/mol. The summed E-state index contributed by atoms with van der Waals surface area (Å²) in [6.07, 6.45) is 18.2. The molecule has 0 aromatic heterocycles. The third kappa shape index (κ3) is 17.6. The highest BCUT2D eigenvalue weighted by molar-refractivity contribution is 5.84. The molecule has 0 bridgehead atoms. The molecule has 1 fully saturated rings. The highest BCUT2D eigenvalue weighted by atomic mass is 16.5. The molecule has 7 nitrogen and oxygen atoms in total. The number of esters is 1. The Kier molecular flexibility index (Phi) is 22.3. The number of ether oxygens (including phenoxy) is 2. The molecule has 0 aromatic rings. The van der Waals surface area contributed by atoms with Crippen LogP contribution in [0.15, 0.2) is 0 Å². The topological polar surface area (TPSA) is 93.7 Å². The Labute approximate surface area is 296 Å². The van der Waals surface area contributed by atoms with Gasteiger partial charge in [0.05, 0.1) is 18.8 Å². The zero-order valence-corrected chi connectivity index (χ0v) is 33.1. The van der Waals surface area contributed by atoms with Crippen molar-refractivity contribution in [1.82, 2.24) is 10.6 Å². The maximum atomic E-state index is 13.2. The molecule has 3 atom stereocenters. The van der Waals surface area contributed by atoms with Gasteiger partial charge >= 0.3 is 5.97 Å². The van der Waals surface area contributed by atoms with Crippen molar-refractivity contribution in [2.75, 3.05) is 6.61 Å². The van der Waals surface area contributed by atoms with E-state index in [1.54, 1.807) is 0 Å². The minimum atomic E-state index is -0.276. The first-order valence-corrected chi connectivity index (χ1v) is 20.1. The number of aldehydes is 1. The van der Waals surface area contributed by atoms with E-state index in [0.717, 1.165) is 115 Å². The maximum absolute atomic E-state index is 13.2. The largest absolute Gasteiger partial charge is 0.461 e. The summed E-state index contributed by atoms with van der Waals surface area (Å²) in [4.78, 5) is 37.8. The minimum absolute atomic E-state index is 0.0484. The third-order valence-electron chi connectivity index (χ3n) is 11.3. The van der Waals surface area contributed by atoms with E-state index in [9.17, 15) is 14.4 Å². The summed E-state index contributed by atoms with van der Waals surface area (Å²) >= 11 is 0. The molecule has 0 saturated heterocycles. The van der Waals surface area contributed by atoms with Crippen LogP contribution in [0.3, 0.4) is 0 Å². The molecule has 1 saturated carbocycles. The Bertz CT molecular complexity index is 874. The standard InChI is InChI=1S/C41H78N2O5/c1-11-40(9,12-2)38(45)22-20-18-16-15-17-19-21-33(29-44)42-34(27-31(5)6)30-47-35-23-25-36(26-24-35)48-39(46)37(28-32(7)8)43-41(10,13-3)14-4/h29,31-37,42-43H,11-28,30H2,1-10H3. The molecule has 0 heterocycles. The van der Waals surface area contributed by atoms with Crippen LogP contribution in [0.2, 0.25) is 0 Å². The lowest BCUT2D eigenvalue weighted by atomic mass is 9.78. The molecule has 0 spiro atoms. The zero-order chi connectivity index (χ0) is 36.2. The van der Waals surface area contributed by atoms with E-state index in [1.807, 2.05) is 0 Å². The molecule has 1 aliphatic carbocycles. The molecular formula is C41H78N2O5. The fraction of sp³-hybridized carbons (Fsp3) is 0.927. The summed E-state index contributed by atoms with van der Waals surface area (Å²) < 4.78 is 12.5. The average Bonchev–Trinajstić information content (AvgIpc) is 3.06. The van der Waals surface area contributed by atoms with Gasteiger partial charge in [-0.05, 0) is 95.8 Å². The van der Waals surface area contributed by atoms with E-state index in [1.165, 1.54) is 0 Å². The second-order valence-electron chi connectivity index (χ2n) is 16.3. The van der Waals surface area contributed by atoms with Crippen LogP contribution in [0.25, 0.3) is 0 Å². The first-order valence-electron chi connectivity index (χ1n) is 20.1. The monoisotopic (exact) mass is 679 g/mol. The fourth-order valence-corrected chi connectivity index (χ4v) is 6.93. The molecule has 1 rings (SSSR count). The molecule has 1 aliphatic rings. The van der Waals surface area contributed by atoms with Crippen molar-refractivity contribution < 1.29 is 23.9 Å². The first-order chi connectivity index (χ1) is 22.7. The van der Waals surface area contributed by atoms with E-state index in [2.05, 4.69) is 79.9 Å². The number of hydrogen-bond donors (Lipinski definition) is 2. The van der Waals surface area contributed by atoms with Crippen LogP contribution in [0, 0.1) is 17.3 Å². The van der Waals surface area contributed by atoms with Gasteiger partial charge in [0.15, 0.2) is 0 Å². The highest BCUT2D eigenvalue weighted by Gasteiger charge is 2.33. The summed E-state index contributed by atoms with van der Waals surface area (Å²) in [7, 11) is 0. The second-order valence-corrected chi connectivity index (χ2v) is 16.3. The molecule has 0 amide bonds. The molecular weight excluding hydrogens is 600 g/mol. The normalized spacial score (nSPS) is 19.3. The van der Waals surface area contributed by atoms with Crippen molar-refractivity contribution in [3.05, 3.63) is 0 Å². The van der Waals surface area contributed by atoms with Crippen LogP contribution in [-0.4, -0.2) is 60.5 Å². The highest BCUT2D eigenvalue weighted by Crippen LogP contribution is 2.29. The molecule has 282 valence electrons. The van der Waals surface area contributed by atoms with E-state index in [4.69, 9.17) is 9.47 Å². The van der Waals surface area contributed by atoms with Gasteiger partial charge in [-0.15, -0.1) is 0 Å². The fourth-order valence-electron chi connectivity index (χ4n) is 6.93. The Morgan fingerprint density at radius 3 is 1.83 bits per heavy atom. The Hall–Kier alpha value is -1.31. The summed E-state index contributed by atoms with van der Waals surface area (Å²) in [5.74, 6) is 1.22. The predicted octanol–water partition coefficient (Wildman–Crippen LogP) is 9.53. The van der Waals surface area contributed by atoms with Crippen molar-refractivity contribution in [2.24, 2.45) is 17.3 Å². The van der Waals surface area contributed by atoms with Gasteiger partial charge in [-0.25, -0.2) is 0 Å². The average molecular weight is 679 g/mol. The number of rotatable bonds is 28. The smallest absolute Gasteiger partial charge is 0.323 e. The van der Waals surface area contributed by atoms with Crippen molar-refractivity contribution in [2.45, 2.75) is 221 Å². The van der Waals surface area contributed by atoms with Crippen molar-refractivity contribution in [3.8, 4) is 0 Å². The number of nitrogens with one attached hydrogen (secondary N) is 2. The Morgan fingerprint density at radius 1 is 0.771 bits per heavy atom. The first kappa shape index (κ1) is 44.7. The molecule has 2 N–H and O–H groups in total. The third-order valence-corrected chi connectivity index (χ3v) is 11.3. The van der Waals surface area contributed by atoms with Gasteiger partial charge in [-0.2, -0.15) is 0 Å². The lowest BCUT2D eigenvalue weighted by Crippen LogP contribution is -2.52. The summed E-state index contributed by atoms with van der Waals surface area (Å²) in [5, 5.41) is 7.23. The van der Waals surface area contributed by atoms with E-state index >= 15 is 0 Å². The van der Waals surface area contributed by atoms with E-state index in [0.29, 0.717) is 30.6 Å². The van der Waals surface area contributed by atoms with Crippen molar-refractivity contribution >= 4 is 18.0 Å². The molecule has 7 heteroatoms. The number of unbranched alkanes of at least 4 members (excludes halogenated alkanes) is 5. The molecule has 0 aliphatic heterocycles. The number of carbonyl (C=O) groups excluding carboxylic acids is 3. The SMILES string of the molecule is CCC(C)(CC)NC(CC(C)C)C(=O)OC1CCC(OCC(CC(C)C)NC(C=O)CCCCCCCCC(=O)C(C)(CC)CC)CC1. The van der Waals surface area contributed by atoms with Gasteiger partial charge in [0.1, 0.15) is 24.2 Å². The quantitative estimate of drug-likeness (QED) is 0.0484. The van der Waals surface area contributed by atoms with E-state index < -0.39 is 0 Å². The lowest BCUT2D eigenvalue weighted by molar-refractivity contribution is -0.156. The van der Waals surface area contributed by atoms with Crippen LogP contribution in [0.4, 0.5) is 0 Å². The summed E-state index contributed by atoms with van der Waals surface area (Å²) in [6.45, 7) is 22.2. The maximum Gasteiger partial charge on any atom is 0.323 e. The number of hydrogen-bond acceptors (Lipinski definition) is 7. The summed E-state index contributed by atoms with van der Waals surface area (Å²) in [6, 6.07) is -0.289. The van der Waals surface area contributed by atoms with Crippen molar-refractivity contribution in [3.63, 3.8) is 0 Å². The van der Waals surface area contributed by atoms with Gasteiger partial charge < -0.3 is 19.6 Å². The Morgan fingerprint density at radius 2 is 1.31 bits per heavy atom. The van der Waals surface area contributed by atoms with Crippen molar-refractivity contribution in [1.29, 1.82) is 0 Å². The number of Topliss-reactive ketones (excluding diaryl/α,β-unsaturated/α-hetero) is 1. The molecule has 48 heavy (non-hydrogen) atoms. The lowest BCUT2D eigenvalue weighted by Gasteiger charge is -2.35. The number of carbonyl (C=O) groups is 3.